The first-order valence-corrected chi connectivity index (χ1v) is 8.83. The van der Waals surface area contributed by atoms with E-state index in [4.69, 9.17) is 5.73 Å². The molecular formula is C21H17N5O3. The molecule has 0 aliphatic heterocycles. The average Bonchev–Trinajstić information content (AvgIpc) is 2.76. The smallest absolute Gasteiger partial charge is 0.384 e. The third-order valence-corrected chi connectivity index (χ3v) is 4.55. The minimum absolute atomic E-state index is 0.143. The molecule has 8 nitrogen and oxygen atoms in total. The van der Waals surface area contributed by atoms with Gasteiger partial charge in [0.25, 0.3) is 0 Å². The lowest BCUT2D eigenvalue weighted by molar-refractivity contribution is 0.100. The van der Waals surface area contributed by atoms with Gasteiger partial charge >= 0.3 is 5.69 Å². The molecule has 0 aliphatic carbocycles. The van der Waals surface area contributed by atoms with Gasteiger partial charge in [-0.05, 0) is 41.0 Å². The number of fused-ring (bicyclic) bond motifs is 1. The second-order valence-electron chi connectivity index (χ2n) is 6.42. The van der Waals surface area contributed by atoms with Crippen LogP contribution in [0.2, 0.25) is 0 Å². The summed E-state index contributed by atoms with van der Waals surface area (Å²) in [7, 11) is 0. The average molecular weight is 387 g/mol. The van der Waals surface area contributed by atoms with Crippen LogP contribution in [0.3, 0.4) is 0 Å². The number of nitrogens with zero attached hydrogens (tertiary/aromatic N) is 3. The Kier molecular flexibility index (Phi) is 4.66. The molecule has 0 aliphatic rings. The molecule has 0 radical (unpaired) electrons. The number of aromatic nitrogens is 3. The molecule has 4 N–H and O–H groups in total. The fourth-order valence-corrected chi connectivity index (χ4v) is 3.01. The first-order valence-electron chi connectivity index (χ1n) is 8.83. The first kappa shape index (κ1) is 18.2. The number of pyridine rings is 1. The van der Waals surface area contributed by atoms with Crippen LogP contribution in [0.1, 0.15) is 15.9 Å². The summed E-state index contributed by atoms with van der Waals surface area (Å²) in [6, 6.07) is 18.4. The Balaban J connectivity index is 1.53. The quantitative estimate of drug-likeness (QED) is 0.452. The summed E-state index contributed by atoms with van der Waals surface area (Å²) in [6.07, 6.45) is 1.49. The minimum Gasteiger partial charge on any atom is -0.422 e. The molecule has 0 spiro atoms. The van der Waals surface area contributed by atoms with Crippen molar-refractivity contribution in [2.75, 3.05) is 5.32 Å². The highest BCUT2D eigenvalue weighted by Crippen LogP contribution is 2.21. The summed E-state index contributed by atoms with van der Waals surface area (Å²) in [6.45, 7) is 0.437. The van der Waals surface area contributed by atoms with E-state index in [1.54, 1.807) is 24.3 Å². The van der Waals surface area contributed by atoms with E-state index < -0.39 is 11.6 Å². The second-order valence-corrected chi connectivity index (χ2v) is 6.42. The molecule has 1 amide bonds. The van der Waals surface area contributed by atoms with Gasteiger partial charge in [0.05, 0.1) is 5.39 Å². The molecule has 0 saturated heterocycles. The molecule has 0 saturated carbocycles. The van der Waals surface area contributed by atoms with Crippen LogP contribution in [-0.2, 0) is 6.54 Å². The van der Waals surface area contributed by atoms with E-state index in [0.717, 1.165) is 16.7 Å². The summed E-state index contributed by atoms with van der Waals surface area (Å²) >= 11 is 0. The molecule has 0 fully saturated rings. The predicted molar refractivity (Wildman–Crippen MR) is 109 cm³/mol. The Morgan fingerprint density at radius 3 is 2.34 bits per heavy atom. The highest BCUT2D eigenvalue weighted by atomic mass is 16.5. The van der Waals surface area contributed by atoms with Gasteiger partial charge in [-0.15, -0.1) is 4.73 Å². The van der Waals surface area contributed by atoms with Crippen LogP contribution in [0.15, 0.2) is 71.7 Å². The molecule has 4 rings (SSSR count). The number of benzene rings is 2. The Hall–Kier alpha value is -4.20. The van der Waals surface area contributed by atoms with Gasteiger partial charge in [-0.2, -0.15) is 4.98 Å². The van der Waals surface area contributed by atoms with Crippen LogP contribution < -0.4 is 16.7 Å². The maximum absolute atomic E-state index is 11.8. The molecule has 2 heterocycles. The third kappa shape index (κ3) is 3.63. The topological polar surface area (TPSA) is 123 Å². The fourth-order valence-electron chi connectivity index (χ4n) is 3.01. The lowest BCUT2D eigenvalue weighted by atomic mass is 10.0. The van der Waals surface area contributed by atoms with Gasteiger partial charge in [0.2, 0.25) is 5.91 Å². The Bertz CT molecular complexity index is 1250. The van der Waals surface area contributed by atoms with Crippen LogP contribution >= 0.6 is 0 Å². The van der Waals surface area contributed by atoms with Crippen LogP contribution in [0.4, 0.5) is 5.82 Å². The van der Waals surface area contributed by atoms with Crippen molar-refractivity contribution in [3.63, 3.8) is 0 Å². The summed E-state index contributed by atoms with van der Waals surface area (Å²) in [5.74, 6) is -0.0994. The lowest BCUT2D eigenvalue weighted by Gasteiger charge is -2.10. The Morgan fingerprint density at radius 1 is 1.03 bits per heavy atom. The first-order chi connectivity index (χ1) is 14.0. The van der Waals surface area contributed by atoms with Gasteiger partial charge in [-0.25, -0.2) is 9.78 Å². The van der Waals surface area contributed by atoms with Gasteiger partial charge in [0.1, 0.15) is 5.82 Å². The normalized spacial score (nSPS) is 10.8. The lowest BCUT2D eigenvalue weighted by Crippen LogP contribution is -2.23. The molecule has 144 valence electrons. The van der Waals surface area contributed by atoms with Gasteiger partial charge in [0.15, 0.2) is 5.65 Å². The zero-order valence-corrected chi connectivity index (χ0v) is 15.2. The van der Waals surface area contributed by atoms with E-state index in [1.807, 2.05) is 36.4 Å². The zero-order chi connectivity index (χ0) is 20.4. The van der Waals surface area contributed by atoms with E-state index in [-0.39, 0.29) is 5.65 Å². The van der Waals surface area contributed by atoms with Gasteiger partial charge in [-0.1, -0.05) is 36.4 Å². The van der Waals surface area contributed by atoms with Gasteiger partial charge in [0, 0.05) is 18.3 Å². The molecule has 0 unspecified atom stereocenters. The molecule has 0 bridgehead atoms. The van der Waals surface area contributed by atoms with Gasteiger partial charge < -0.3 is 16.3 Å². The van der Waals surface area contributed by atoms with E-state index in [2.05, 4.69) is 15.3 Å². The third-order valence-electron chi connectivity index (χ3n) is 4.55. The largest absolute Gasteiger partial charge is 0.422 e. The van der Waals surface area contributed by atoms with E-state index >= 15 is 0 Å². The van der Waals surface area contributed by atoms with Crippen LogP contribution in [0.5, 0.6) is 0 Å². The number of hydrogen-bond acceptors (Lipinski definition) is 6. The van der Waals surface area contributed by atoms with Crippen molar-refractivity contribution in [1.29, 1.82) is 0 Å². The number of rotatable bonds is 5. The SMILES string of the molecule is NC(=O)c1ccc(-c2ccc(CNc3nc(=O)n(O)c4ncccc34)cc2)cc1. The van der Waals surface area contributed by atoms with Crippen LogP contribution in [-0.4, -0.2) is 25.8 Å². The highest BCUT2D eigenvalue weighted by molar-refractivity contribution is 5.93. The van der Waals surface area contributed by atoms with Crippen molar-refractivity contribution in [3.05, 3.63) is 88.5 Å². The highest BCUT2D eigenvalue weighted by Gasteiger charge is 2.10. The summed E-state index contributed by atoms with van der Waals surface area (Å²) in [4.78, 5) is 30.9. The number of hydrogen-bond donors (Lipinski definition) is 3. The molecule has 2 aromatic carbocycles. The number of carbonyl (C=O) groups is 1. The summed E-state index contributed by atoms with van der Waals surface area (Å²) < 4.78 is 0.429. The monoisotopic (exact) mass is 387 g/mol. The second kappa shape index (κ2) is 7.43. The number of primary amides is 1. The Labute approximate surface area is 165 Å². The van der Waals surface area contributed by atoms with Crippen molar-refractivity contribution in [2.24, 2.45) is 5.73 Å². The minimum atomic E-state index is -0.798. The van der Waals surface area contributed by atoms with Gasteiger partial charge in [-0.3, -0.25) is 4.79 Å². The summed E-state index contributed by atoms with van der Waals surface area (Å²) in [5, 5.41) is 13.4. The van der Waals surface area contributed by atoms with Crippen molar-refractivity contribution in [1.82, 2.24) is 14.7 Å². The van der Waals surface area contributed by atoms with Crippen LogP contribution in [0, 0.1) is 0 Å². The number of nitrogens with one attached hydrogen (secondary N) is 1. The number of anilines is 1. The molecule has 8 heteroatoms. The maximum Gasteiger partial charge on any atom is 0.384 e. The molecule has 29 heavy (non-hydrogen) atoms. The fraction of sp³-hybridized carbons (Fsp3) is 0.0476. The Morgan fingerprint density at radius 2 is 1.69 bits per heavy atom. The van der Waals surface area contributed by atoms with Crippen molar-refractivity contribution in [3.8, 4) is 11.1 Å². The number of carbonyl (C=O) groups excluding carboxylic acids is 1. The van der Waals surface area contributed by atoms with Crippen molar-refractivity contribution in [2.45, 2.75) is 6.54 Å². The maximum atomic E-state index is 11.8. The van der Waals surface area contributed by atoms with Crippen molar-refractivity contribution < 1.29 is 10.0 Å². The number of nitrogens with two attached hydrogens (primary N) is 1. The standard InChI is InChI=1S/C21H17N5O3/c22-18(27)16-9-7-15(8-10-16)14-5-3-13(4-6-14)12-24-19-17-2-1-11-23-20(17)26(29)21(28)25-19/h1-11,29H,12H2,(H2,22,27)(H,24,25,28). The van der Waals surface area contributed by atoms with Crippen molar-refractivity contribution >= 4 is 22.8 Å². The number of amides is 1. The van der Waals surface area contributed by atoms with Crippen LogP contribution in [0.25, 0.3) is 22.2 Å². The molecule has 0 atom stereocenters. The van der Waals surface area contributed by atoms with E-state index in [0.29, 0.717) is 28.0 Å². The molecule has 4 aromatic rings. The summed E-state index contributed by atoms with van der Waals surface area (Å²) in [5.41, 5.74) is 8.03. The molecular weight excluding hydrogens is 370 g/mol. The molecule has 2 aromatic heterocycles. The van der Waals surface area contributed by atoms with E-state index in [9.17, 15) is 14.8 Å². The zero-order valence-electron chi connectivity index (χ0n) is 15.2. The predicted octanol–water partition coefficient (Wildman–Crippen LogP) is 2.41. The van der Waals surface area contributed by atoms with E-state index in [1.165, 1.54) is 6.20 Å².